The zero-order valence-corrected chi connectivity index (χ0v) is 28.4. The minimum absolute atomic E-state index is 0.0578. The molecule has 1 unspecified atom stereocenters. The Hall–Kier alpha value is -3.86. The van der Waals surface area contributed by atoms with Crippen LogP contribution in [0.4, 0.5) is 0 Å². The third-order valence-corrected chi connectivity index (χ3v) is 7.61. The number of carbonyl (C=O) groups excluding carboxylic acids is 6. The fraction of sp³-hybridized carbons (Fsp3) is 0.690. The molecule has 16 nitrogen and oxygen atoms in total. The van der Waals surface area contributed by atoms with Gasteiger partial charge < -0.3 is 49.5 Å². The van der Waals surface area contributed by atoms with E-state index in [4.69, 9.17) is 22.9 Å². The van der Waals surface area contributed by atoms with Crippen LogP contribution in [0.25, 0.3) is 0 Å². The van der Waals surface area contributed by atoms with Crippen molar-refractivity contribution >= 4 is 53.2 Å². The molecule has 13 N–H and O–H groups in total. The van der Waals surface area contributed by atoms with E-state index in [9.17, 15) is 28.8 Å². The number of nitrogens with one attached hydrogen (secondary N) is 5. The molecule has 0 saturated heterocycles. The largest absolute Gasteiger partial charge is 0.370 e. The number of nitrogens with zero attached hydrogens (tertiary/aromatic N) is 1. The smallest absolute Gasteiger partial charge is 0.247 e. The number of rotatable bonds is 23. The molecule has 0 aromatic heterocycles. The zero-order valence-electron chi connectivity index (χ0n) is 27.6. The number of thioether (sulfide) groups is 1. The summed E-state index contributed by atoms with van der Waals surface area (Å²) in [4.78, 5) is 80.3. The molecule has 17 heteroatoms. The molecule has 262 valence electrons. The molecule has 0 heterocycles. The Bertz CT molecular complexity index is 1070. The van der Waals surface area contributed by atoms with Crippen molar-refractivity contribution in [2.24, 2.45) is 39.8 Å². The van der Waals surface area contributed by atoms with Crippen LogP contribution < -0.4 is 49.5 Å². The van der Waals surface area contributed by atoms with Gasteiger partial charge in [-0.15, -0.1) is 6.58 Å². The molecule has 46 heavy (non-hydrogen) atoms. The van der Waals surface area contributed by atoms with Crippen molar-refractivity contribution in [2.75, 3.05) is 25.1 Å². The first-order valence-electron chi connectivity index (χ1n) is 15.3. The first-order valence-corrected chi connectivity index (χ1v) is 16.7. The highest BCUT2D eigenvalue weighted by Crippen LogP contribution is 2.10. The SMILES string of the molecule is C=CC(NC(=O)[C@@H](N)CCSC)C(=O)N[C@H](C(=O)NCC(=O)N[C@@H](CCCN=C(N)N)C(=O)N[C@@H](CC(C)C)C(N)=O)[C@@H](C)CC. The van der Waals surface area contributed by atoms with E-state index in [-0.39, 0.29) is 30.8 Å². The number of primary amides is 1. The molecule has 0 rings (SSSR count). The Kier molecular flexibility index (Phi) is 20.7. The predicted octanol–water partition coefficient (Wildman–Crippen LogP) is -2.06. The van der Waals surface area contributed by atoms with Crippen LogP contribution >= 0.6 is 11.8 Å². The van der Waals surface area contributed by atoms with Crippen LogP contribution in [0.1, 0.15) is 59.8 Å². The summed E-state index contributed by atoms with van der Waals surface area (Å²) in [7, 11) is 0. The molecule has 0 radical (unpaired) electrons. The topological polar surface area (TPSA) is 279 Å². The van der Waals surface area contributed by atoms with Crippen molar-refractivity contribution in [3.8, 4) is 0 Å². The average molecular weight is 671 g/mol. The van der Waals surface area contributed by atoms with Crippen LogP contribution in [0.2, 0.25) is 0 Å². The molecule has 6 atom stereocenters. The molecular weight excluding hydrogens is 616 g/mol. The molecule has 0 fully saturated rings. The zero-order chi connectivity index (χ0) is 35.4. The minimum atomic E-state index is -1.14. The average Bonchev–Trinajstić information content (AvgIpc) is 2.99. The van der Waals surface area contributed by atoms with E-state index >= 15 is 0 Å². The summed E-state index contributed by atoms with van der Waals surface area (Å²) in [6.45, 7) is 10.6. The maximum Gasteiger partial charge on any atom is 0.247 e. The van der Waals surface area contributed by atoms with Crippen LogP contribution in [-0.2, 0) is 28.8 Å². The maximum atomic E-state index is 13.2. The van der Waals surface area contributed by atoms with Gasteiger partial charge in [-0.25, -0.2) is 0 Å². The number of carbonyl (C=O) groups is 6. The van der Waals surface area contributed by atoms with Gasteiger partial charge >= 0.3 is 0 Å². The van der Waals surface area contributed by atoms with Crippen LogP contribution in [0.3, 0.4) is 0 Å². The van der Waals surface area contributed by atoms with Gasteiger partial charge in [0.05, 0.1) is 12.6 Å². The molecule has 0 spiro atoms. The highest BCUT2D eigenvalue weighted by Gasteiger charge is 2.30. The van der Waals surface area contributed by atoms with Gasteiger partial charge in [0.25, 0.3) is 0 Å². The van der Waals surface area contributed by atoms with Gasteiger partial charge in [-0.1, -0.05) is 40.2 Å². The molecule has 0 saturated carbocycles. The van der Waals surface area contributed by atoms with Gasteiger partial charge in [-0.05, 0) is 49.5 Å². The van der Waals surface area contributed by atoms with E-state index in [0.29, 0.717) is 31.4 Å². The fourth-order valence-corrected chi connectivity index (χ4v) is 4.59. The minimum Gasteiger partial charge on any atom is -0.370 e. The molecule has 0 aromatic rings. The molecule has 0 aliphatic carbocycles. The Morgan fingerprint density at radius 3 is 2.04 bits per heavy atom. The molecule has 6 amide bonds. The number of hydrogen-bond acceptors (Lipinski definition) is 9. The van der Waals surface area contributed by atoms with Gasteiger partial charge in [0.15, 0.2) is 5.96 Å². The van der Waals surface area contributed by atoms with Gasteiger partial charge in [0.1, 0.15) is 24.2 Å². The number of amides is 6. The molecule has 0 aliphatic heterocycles. The van der Waals surface area contributed by atoms with Crippen LogP contribution in [0.15, 0.2) is 17.6 Å². The van der Waals surface area contributed by atoms with Crippen LogP contribution in [-0.4, -0.2) is 96.7 Å². The fourth-order valence-electron chi connectivity index (χ4n) is 4.10. The first kappa shape index (κ1) is 42.1. The lowest BCUT2D eigenvalue weighted by Gasteiger charge is -2.26. The van der Waals surface area contributed by atoms with Gasteiger partial charge in [-0.2, -0.15) is 11.8 Å². The Morgan fingerprint density at radius 2 is 1.52 bits per heavy atom. The van der Waals surface area contributed by atoms with E-state index in [1.165, 1.54) is 17.8 Å². The monoisotopic (exact) mass is 670 g/mol. The summed E-state index contributed by atoms with van der Waals surface area (Å²) in [6, 6.07) is -5.05. The van der Waals surface area contributed by atoms with Gasteiger partial charge in [0, 0.05) is 6.54 Å². The molecule has 0 aromatic carbocycles. The summed E-state index contributed by atoms with van der Waals surface area (Å²) in [6.07, 6.45) is 4.78. The van der Waals surface area contributed by atoms with Crippen molar-refractivity contribution in [3.63, 3.8) is 0 Å². The van der Waals surface area contributed by atoms with Crippen molar-refractivity contribution in [3.05, 3.63) is 12.7 Å². The lowest BCUT2D eigenvalue weighted by molar-refractivity contribution is -0.134. The van der Waals surface area contributed by atoms with Crippen molar-refractivity contribution in [1.29, 1.82) is 0 Å². The molecule has 0 aliphatic rings. The second kappa shape index (κ2) is 22.6. The van der Waals surface area contributed by atoms with E-state index in [0.717, 1.165) is 0 Å². The number of aliphatic imine (C=N–C) groups is 1. The Balaban J connectivity index is 5.53. The first-order chi connectivity index (χ1) is 21.6. The van der Waals surface area contributed by atoms with Gasteiger partial charge in [0.2, 0.25) is 35.4 Å². The summed E-state index contributed by atoms with van der Waals surface area (Å²) < 4.78 is 0. The summed E-state index contributed by atoms with van der Waals surface area (Å²) in [5, 5.41) is 12.8. The molecular formula is C29H54N10O6S. The van der Waals surface area contributed by atoms with E-state index in [1.807, 2.05) is 27.0 Å². The highest BCUT2D eigenvalue weighted by molar-refractivity contribution is 7.98. The van der Waals surface area contributed by atoms with Crippen LogP contribution in [0.5, 0.6) is 0 Å². The summed E-state index contributed by atoms with van der Waals surface area (Å²) in [5.41, 5.74) is 22.1. The van der Waals surface area contributed by atoms with Crippen molar-refractivity contribution in [2.45, 2.75) is 90.0 Å². The normalized spacial score (nSPS) is 14.8. The number of guanidine groups is 1. The highest BCUT2D eigenvalue weighted by atomic mass is 32.2. The molecule has 0 bridgehead atoms. The number of hydrogen-bond donors (Lipinski definition) is 9. The third-order valence-electron chi connectivity index (χ3n) is 6.97. The second-order valence-corrected chi connectivity index (χ2v) is 12.3. The second-order valence-electron chi connectivity index (χ2n) is 11.4. The van der Waals surface area contributed by atoms with Crippen LogP contribution in [0, 0.1) is 11.8 Å². The van der Waals surface area contributed by atoms with E-state index < -0.39 is 72.2 Å². The summed E-state index contributed by atoms with van der Waals surface area (Å²) in [5.74, 6) is -3.65. The Morgan fingerprint density at radius 1 is 0.870 bits per heavy atom. The third kappa shape index (κ3) is 17.0. The maximum absolute atomic E-state index is 13.2. The lowest BCUT2D eigenvalue weighted by Crippen LogP contribution is -2.58. The Labute approximate surface area is 275 Å². The van der Waals surface area contributed by atoms with Crippen molar-refractivity contribution < 1.29 is 28.8 Å². The summed E-state index contributed by atoms with van der Waals surface area (Å²) >= 11 is 1.53. The van der Waals surface area contributed by atoms with E-state index in [2.05, 4.69) is 38.2 Å². The quantitative estimate of drug-likeness (QED) is 0.0248. The standard InChI is InChI=1S/C29H54N10O6S/c1-7-17(5)23(39-26(43)19(8-2)37-25(42)18(30)11-13-46-6)28(45)35-15-22(40)36-20(10-9-12-34-29(32)33)27(44)38-21(24(31)41)14-16(3)4/h8,16-21,23H,2,7,9-15,30H2,1,3-6H3,(H2,31,41)(H,35,45)(H,36,40)(H,37,42)(H,38,44)(H,39,43)(H4,32,33,34)/t17-,18-,19?,20-,21-,23-/m0/s1. The lowest BCUT2D eigenvalue weighted by atomic mass is 9.97. The number of nitrogens with two attached hydrogens (primary N) is 4. The van der Waals surface area contributed by atoms with Crippen molar-refractivity contribution in [1.82, 2.24) is 26.6 Å². The van der Waals surface area contributed by atoms with Gasteiger partial charge in [-0.3, -0.25) is 33.8 Å². The van der Waals surface area contributed by atoms with E-state index in [1.54, 1.807) is 6.92 Å². The predicted molar refractivity (Wildman–Crippen MR) is 180 cm³/mol.